The van der Waals surface area contributed by atoms with Crippen LogP contribution in [0.15, 0.2) is 12.1 Å². The van der Waals surface area contributed by atoms with Crippen LogP contribution >= 0.6 is 0 Å². The molecule has 104 valence electrons. The lowest BCUT2D eigenvalue weighted by Gasteiger charge is -2.39. The van der Waals surface area contributed by atoms with E-state index >= 15 is 0 Å². The standard InChI is InChI=1S/C13H15F2NO3/c14-10-6-8(13(18)19)7-11(15)12(10)16(4-5-17)9-2-1-3-9/h6-7,9,17H,1-5H2,(H,18,19). The molecule has 0 amide bonds. The maximum atomic E-state index is 13.9. The Morgan fingerprint density at radius 2 is 1.89 bits per heavy atom. The summed E-state index contributed by atoms with van der Waals surface area (Å²) in [7, 11) is 0. The predicted octanol–water partition coefficient (Wildman–Crippen LogP) is 2.01. The molecule has 0 aliphatic heterocycles. The fourth-order valence-corrected chi connectivity index (χ4v) is 2.25. The molecule has 0 saturated heterocycles. The molecule has 2 N–H and O–H groups in total. The quantitative estimate of drug-likeness (QED) is 0.860. The van der Waals surface area contributed by atoms with Crippen LogP contribution in [0.5, 0.6) is 0 Å². The topological polar surface area (TPSA) is 60.8 Å². The lowest BCUT2D eigenvalue weighted by Crippen LogP contribution is -2.43. The number of carboxylic acids is 1. The van der Waals surface area contributed by atoms with E-state index in [0.29, 0.717) is 0 Å². The number of nitrogens with zero attached hydrogens (tertiary/aromatic N) is 1. The number of hydrogen-bond acceptors (Lipinski definition) is 3. The van der Waals surface area contributed by atoms with Gasteiger partial charge < -0.3 is 15.1 Å². The first-order valence-electron chi connectivity index (χ1n) is 6.14. The number of carbonyl (C=O) groups is 1. The number of carboxylic acid groups (broad SMARTS) is 1. The van der Waals surface area contributed by atoms with Gasteiger partial charge >= 0.3 is 5.97 Å². The van der Waals surface area contributed by atoms with E-state index in [1.54, 1.807) is 0 Å². The molecule has 0 atom stereocenters. The largest absolute Gasteiger partial charge is 0.478 e. The van der Waals surface area contributed by atoms with Crippen molar-refractivity contribution in [2.75, 3.05) is 18.1 Å². The van der Waals surface area contributed by atoms with Crippen LogP contribution in [0.3, 0.4) is 0 Å². The van der Waals surface area contributed by atoms with E-state index < -0.39 is 23.2 Å². The summed E-state index contributed by atoms with van der Waals surface area (Å²) in [5, 5.41) is 17.8. The van der Waals surface area contributed by atoms with Crippen LogP contribution in [-0.4, -0.2) is 35.4 Å². The molecule has 1 aliphatic carbocycles. The Bertz CT molecular complexity index is 466. The van der Waals surface area contributed by atoms with Gasteiger partial charge in [-0.1, -0.05) is 0 Å². The Kier molecular flexibility index (Phi) is 3.99. The molecule has 0 aromatic heterocycles. The van der Waals surface area contributed by atoms with Crippen molar-refractivity contribution in [2.24, 2.45) is 0 Å². The van der Waals surface area contributed by atoms with Crippen molar-refractivity contribution in [3.63, 3.8) is 0 Å². The SMILES string of the molecule is O=C(O)c1cc(F)c(N(CCO)C2CCC2)c(F)c1. The van der Waals surface area contributed by atoms with Gasteiger partial charge in [0.25, 0.3) is 0 Å². The van der Waals surface area contributed by atoms with E-state index in [4.69, 9.17) is 10.2 Å². The third-order valence-corrected chi connectivity index (χ3v) is 3.41. The summed E-state index contributed by atoms with van der Waals surface area (Å²) in [6, 6.07) is 1.62. The van der Waals surface area contributed by atoms with Gasteiger partial charge in [0.05, 0.1) is 12.2 Å². The molecule has 0 radical (unpaired) electrons. The second-order valence-electron chi connectivity index (χ2n) is 4.60. The van der Waals surface area contributed by atoms with Crippen molar-refractivity contribution in [3.05, 3.63) is 29.3 Å². The first-order valence-corrected chi connectivity index (χ1v) is 6.14. The molecule has 6 heteroatoms. The monoisotopic (exact) mass is 271 g/mol. The summed E-state index contributed by atoms with van der Waals surface area (Å²) in [6.07, 6.45) is 2.63. The highest BCUT2D eigenvalue weighted by Gasteiger charge is 2.29. The minimum atomic E-state index is -1.37. The van der Waals surface area contributed by atoms with Crippen molar-refractivity contribution in [1.82, 2.24) is 0 Å². The molecule has 1 saturated carbocycles. The molecule has 1 aromatic carbocycles. The fourth-order valence-electron chi connectivity index (χ4n) is 2.25. The molecular weight excluding hydrogens is 256 g/mol. The molecule has 0 heterocycles. The normalized spacial score (nSPS) is 15.1. The van der Waals surface area contributed by atoms with Gasteiger partial charge in [-0.15, -0.1) is 0 Å². The lowest BCUT2D eigenvalue weighted by molar-refractivity contribution is 0.0695. The number of aliphatic hydroxyl groups excluding tert-OH is 1. The summed E-state index contributed by atoms with van der Waals surface area (Å²) in [5.41, 5.74) is -0.667. The van der Waals surface area contributed by atoms with Gasteiger partial charge in [0.1, 0.15) is 17.3 Å². The smallest absolute Gasteiger partial charge is 0.335 e. The number of aromatic carboxylic acids is 1. The fraction of sp³-hybridized carbons (Fsp3) is 0.462. The second kappa shape index (κ2) is 5.52. The first kappa shape index (κ1) is 13.7. The van der Waals surface area contributed by atoms with Crippen molar-refractivity contribution < 1.29 is 23.8 Å². The van der Waals surface area contributed by atoms with Crippen LogP contribution in [0, 0.1) is 11.6 Å². The molecular formula is C13H15F2NO3. The third-order valence-electron chi connectivity index (χ3n) is 3.41. The van der Waals surface area contributed by atoms with E-state index in [9.17, 15) is 13.6 Å². The van der Waals surface area contributed by atoms with Gasteiger partial charge in [0.2, 0.25) is 0 Å². The van der Waals surface area contributed by atoms with Crippen molar-refractivity contribution in [3.8, 4) is 0 Å². The lowest BCUT2D eigenvalue weighted by atomic mass is 9.91. The number of halogens is 2. The Hall–Kier alpha value is -1.69. The predicted molar refractivity (Wildman–Crippen MR) is 65.4 cm³/mol. The Balaban J connectivity index is 2.38. The second-order valence-corrected chi connectivity index (χ2v) is 4.60. The van der Waals surface area contributed by atoms with Crippen LogP contribution in [0.25, 0.3) is 0 Å². The van der Waals surface area contributed by atoms with E-state index in [2.05, 4.69) is 0 Å². The minimum Gasteiger partial charge on any atom is -0.478 e. The van der Waals surface area contributed by atoms with E-state index in [0.717, 1.165) is 31.4 Å². The van der Waals surface area contributed by atoms with Crippen molar-refractivity contribution in [1.29, 1.82) is 0 Å². The van der Waals surface area contributed by atoms with Gasteiger partial charge in [0.15, 0.2) is 0 Å². The Morgan fingerprint density at radius 3 is 2.26 bits per heavy atom. The van der Waals surface area contributed by atoms with Crippen LogP contribution in [0.1, 0.15) is 29.6 Å². The maximum absolute atomic E-state index is 13.9. The van der Waals surface area contributed by atoms with Gasteiger partial charge in [-0.25, -0.2) is 13.6 Å². The molecule has 1 aromatic rings. The van der Waals surface area contributed by atoms with Gasteiger partial charge in [-0.05, 0) is 31.4 Å². The molecule has 4 nitrogen and oxygen atoms in total. The van der Waals surface area contributed by atoms with Crippen molar-refractivity contribution >= 4 is 11.7 Å². The highest BCUT2D eigenvalue weighted by Crippen LogP contribution is 2.33. The molecule has 1 aliphatic rings. The first-order chi connectivity index (χ1) is 9.04. The number of hydrogen-bond donors (Lipinski definition) is 2. The van der Waals surface area contributed by atoms with E-state index in [1.807, 2.05) is 0 Å². The number of rotatable bonds is 5. The average Bonchev–Trinajstić information content (AvgIpc) is 2.25. The number of aliphatic hydroxyl groups is 1. The summed E-state index contributed by atoms with van der Waals surface area (Å²) in [5.74, 6) is -3.18. The molecule has 0 bridgehead atoms. The van der Waals surface area contributed by atoms with Crippen LogP contribution in [-0.2, 0) is 0 Å². The van der Waals surface area contributed by atoms with E-state index in [1.165, 1.54) is 4.90 Å². The van der Waals surface area contributed by atoms with E-state index in [-0.39, 0.29) is 24.9 Å². The summed E-state index contributed by atoms with van der Waals surface area (Å²) < 4.78 is 27.9. The van der Waals surface area contributed by atoms with Crippen LogP contribution in [0.4, 0.5) is 14.5 Å². The maximum Gasteiger partial charge on any atom is 0.335 e. The highest BCUT2D eigenvalue weighted by molar-refractivity contribution is 5.88. The average molecular weight is 271 g/mol. The summed E-state index contributed by atoms with van der Waals surface area (Å²) in [4.78, 5) is 12.2. The Morgan fingerprint density at radius 1 is 1.32 bits per heavy atom. The minimum absolute atomic E-state index is 0.00632. The zero-order chi connectivity index (χ0) is 14.0. The molecule has 0 spiro atoms. The number of benzene rings is 1. The third kappa shape index (κ3) is 2.68. The molecule has 0 unspecified atom stereocenters. The van der Waals surface area contributed by atoms with Crippen LogP contribution < -0.4 is 4.90 Å². The van der Waals surface area contributed by atoms with Gasteiger partial charge in [0, 0.05) is 12.6 Å². The molecule has 19 heavy (non-hydrogen) atoms. The van der Waals surface area contributed by atoms with Gasteiger partial charge in [-0.3, -0.25) is 0 Å². The molecule has 1 fully saturated rings. The Labute approximate surface area is 109 Å². The summed E-state index contributed by atoms with van der Waals surface area (Å²) >= 11 is 0. The van der Waals surface area contributed by atoms with Crippen molar-refractivity contribution in [2.45, 2.75) is 25.3 Å². The zero-order valence-corrected chi connectivity index (χ0v) is 10.3. The molecule has 2 rings (SSSR count). The van der Waals surface area contributed by atoms with Crippen LogP contribution in [0.2, 0.25) is 0 Å². The zero-order valence-electron chi connectivity index (χ0n) is 10.3. The van der Waals surface area contributed by atoms with Gasteiger partial charge in [-0.2, -0.15) is 0 Å². The summed E-state index contributed by atoms with van der Waals surface area (Å²) in [6.45, 7) is -0.0824. The number of anilines is 1. The highest BCUT2D eigenvalue weighted by atomic mass is 19.1.